The number of nitrogens with one attached hydrogen (secondary N) is 1. The van der Waals surface area contributed by atoms with Crippen molar-refractivity contribution in [1.82, 2.24) is 0 Å². The van der Waals surface area contributed by atoms with Gasteiger partial charge in [0.25, 0.3) is 0 Å². The fourth-order valence-electron chi connectivity index (χ4n) is 2.09. The van der Waals surface area contributed by atoms with Gasteiger partial charge in [0.2, 0.25) is 0 Å². The van der Waals surface area contributed by atoms with E-state index in [0.717, 1.165) is 21.5 Å². The van der Waals surface area contributed by atoms with Crippen LogP contribution in [0.4, 0.5) is 5.69 Å². The van der Waals surface area contributed by atoms with Crippen molar-refractivity contribution in [3.05, 3.63) is 58.6 Å². The Morgan fingerprint density at radius 1 is 1.04 bits per heavy atom. The minimum atomic E-state index is -0.570. The number of methoxy groups -OCH3 is 1. The Balaban J connectivity index is 2.24. The summed E-state index contributed by atoms with van der Waals surface area (Å²) >= 11 is 3.40. The number of anilines is 1. The number of rotatable bonds is 6. The van der Waals surface area contributed by atoms with Gasteiger partial charge < -0.3 is 14.8 Å². The van der Waals surface area contributed by atoms with E-state index in [9.17, 15) is 4.79 Å². The SMILES string of the molecule is COc1ccc(NC(C(=O)OC(C)C)c2ccc(Br)cc2)cc1. The number of halogens is 1. The van der Waals surface area contributed by atoms with E-state index in [2.05, 4.69) is 21.2 Å². The maximum atomic E-state index is 12.4. The highest BCUT2D eigenvalue weighted by atomic mass is 79.9. The van der Waals surface area contributed by atoms with Crippen molar-refractivity contribution in [3.8, 4) is 5.75 Å². The summed E-state index contributed by atoms with van der Waals surface area (Å²) in [6.45, 7) is 3.67. The van der Waals surface area contributed by atoms with Crippen LogP contribution in [0.15, 0.2) is 53.0 Å². The van der Waals surface area contributed by atoms with Crippen LogP contribution in [0, 0.1) is 0 Å². The minimum absolute atomic E-state index is 0.168. The van der Waals surface area contributed by atoms with Crippen molar-refractivity contribution >= 4 is 27.6 Å². The summed E-state index contributed by atoms with van der Waals surface area (Å²) in [4.78, 5) is 12.4. The van der Waals surface area contributed by atoms with Crippen LogP contribution < -0.4 is 10.1 Å². The number of ether oxygens (including phenoxy) is 2. The lowest BCUT2D eigenvalue weighted by Gasteiger charge is -2.20. The Morgan fingerprint density at radius 3 is 2.17 bits per heavy atom. The van der Waals surface area contributed by atoms with Gasteiger partial charge in [-0.2, -0.15) is 0 Å². The van der Waals surface area contributed by atoms with Gasteiger partial charge in [-0.1, -0.05) is 28.1 Å². The van der Waals surface area contributed by atoms with Crippen LogP contribution in [0.1, 0.15) is 25.5 Å². The smallest absolute Gasteiger partial charge is 0.333 e. The molecule has 0 aliphatic rings. The molecule has 0 radical (unpaired) electrons. The molecular formula is C18H20BrNO3. The second kappa shape index (κ2) is 8.02. The van der Waals surface area contributed by atoms with Crippen LogP contribution in [0.5, 0.6) is 5.75 Å². The summed E-state index contributed by atoms with van der Waals surface area (Å²) < 4.78 is 11.5. The molecule has 0 spiro atoms. The maximum Gasteiger partial charge on any atom is 0.333 e. The Kier molecular flexibility index (Phi) is 6.04. The molecule has 0 bridgehead atoms. The lowest BCUT2D eigenvalue weighted by molar-refractivity contribution is -0.148. The predicted molar refractivity (Wildman–Crippen MR) is 94.7 cm³/mol. The van der Waals surface area contributed by atoms with Crippen molar-refractivity contribution in [2.24, 2.45) is 0 Å². The van der Waals surface area contributed by atoms with Crippen molar-refractivity contribution in [2.75, 3.05) is 12.4 Å². The molecule has 4 nitrogen and oxygen atoms in total. The molecule has 5 heteroatoms. The molecule has 0 aromatic heterocycles. The Morgan fingerprint density at radius 2 is 1.65 bits per heavy atom. The summed E-state index contributed by atoms with van der Waals surface area (Å²) in [6, 6.07) is 14.4. The molecule has 122 valence electrons. The molecule has 2 rings (SSSR count). The van der Waals surface area contributed by atoms with Crippen LogP contribution in [-0.2, 0) is 9.53 Å². The van der Waals surface area contributed by atoms with Crippen LogP contribution in [0.2, 0.25) is 0 Å². The van der Waals surface area contributed by atoms with Crippen molar-refractivity contribution in [3.63, 3.8) is 0 Å². The summed E-state index contributed by atoms with van der Waals surface area (Å²) in [5.74, 6) is 0.457. The van der Waals surface area contributed by atoms with Crippen molar-refractivity contribution in [1.29, 1.82) is 0 Å². The zero-order chi connectivity index (χ0) is 16.8. The first-order chi connectivity index (χ1) is 11.0. The molecule has 1 N–H and O–H groups in total. The molecule has 0 heterocycles. The number of hydrogen-bond donors (Lipinski definition) is 1. The summed E-state index contributed by atoms with van der Waals surface area (Å²) in [5.41, 5.74) is 1.66. The molecule has 23 heavy (non-hydrogen) atoms. The molecule has 2 aromatic rings. The van der Waals surface area contributed by atoms with Gasteiger partial charge >= 0.3 is 5.97 Å². The van der Waals surface area contributed by atoms with E-state index in [1.54, 1.807) is 7.11 Å². The van der Waals surface area contributed by atoms with Crippen molar-refractivity contribution < 1.29 is 14.3 Å². The van der Waals surface area contributed by atoms with E-state index in [4.69, 9.17) is 9.47 Å². The lowest BCUT2D eigenvalue weighted by atomic mass is 10.1. The fraction of sp³-hybridized carbons (Fsp3) is 0.278. The normalized spacial score (nSPS) is 11.9. The average Bonchev–Trinajstić information content (AvgIpc) is 2.53. The van der Waals surface area contributed by atoms with Crippen LogP contribution >= 0.6 is 15.9 Å². The zero-order valence-electron chi connectivity index (χ0n) is 13.4. The zero-order valence-corrected chi connectivity index (χ0v) is 15.0. The van der Waals surface area contributed by atoms with Crippen LogP contribution in [-0.4, -0.2) is 19.2 Å². The van der Waals surface area contributed by atoms with E-state index < -0.39 is 6.04 Å². The maximum absolute atomic E-state index is 12.4. The summed E-state index contributed by atoms with van der Waals surface area (Å²) in [6.07, 6.45) is -0.168. The molecule has 0 saturated carbocycles. The molecule has 1 unspecified atom stereocenters. The summed E-state index contributed by atoms with van der Waals surface area (Å²) in [7, 11) is 1.62. The highest BCUT2D eigenvalue weighted by molar-refractivity contribution is 9.10. The first-order valence-corrected chi connectivity index (χ1v) is 8.15. The average molecular weight is 378 g/mol. The van der Waals surface area contributed by atoms with Crippen LogP contribution in [0.25, 0.3) is 0 Å². The van der Waals surface area contributed by atoms with Gasteiger partial charge in [-0.25, -0.2) is 4.79 Å². The Hall–Kier alpha value is -2.01. The van der Waals surface area contributed by atoms with Crippen molar-refractivity contribution in [2.45, 2.75) is 26.0 Å². The topological polar surface area (TPSA) is 47.6 Å². The molecule has 0 saturated heterocycles. The summed E-state index contributed by atoms with van der Waals surface area (Å²) in [5, 5.41) is 3.23. The second-order valence-corrected chi connectivity index (χ2v) is 6.26. The van der Waals surface area contributed by atoms with E-state index in [1.165, 1.54) is 0 Å². The predicted octanol–water partition coefficient (Wildman–Crippen LogP) is 4.56. The molecule has 0 fully saturated rings. The number of carbonyl (C=O) groups excluding carboxylic acids is 1. The first-order valence-electron chi connectivity index (χ1n) is 7.36. The molecular weight excluding hydrogens is 358 g/mol. The Bertz CT molecular complexity index is 638. The van der Waals surface area contributed by atoms with Gasteiger partial charge in [0.1, 0.15) is 5.75 Å². The number of benzene rings is 2. The standard InChI is InChI=1S/C18H20BrNO3/c1-12(2)23-18(21)17(13-4-6-14(19)7-5-13)20-15-8-10-16(22-3)11-9-15/h4-12,17,20H,1-3H3. The number of hydrogen-bond acceptors (Lipinski definition) is 4. The molecule has 0 aliphatic carbocycles. The van der Waals surface area contributed by atoms with E-state index >= 15 is 0 Å². The quantitative estimate of drug-likeness (QED) is 0.749. The highest BCUT2D eigenvalue weighted by Crippen LogP contribution is 2.24. The number of carbonyl (C=O) groups is 1. The largest absolute Gasteiger partial charge is 0.497 e. The monoisotopic (exact) mass is 377 g/mol. The van der Waals surface area contributed by atoms with Gasteiger partial charge in [-0.15, -0.1) is 0 Å². The van der Waals surface area contributed by atoms with Gasteiger partial charge in [0, 0.05) is 10.2 Å². The van der Waals surface area contributed by atoms with Gasteiger partial charge in [0.05, 0.1) is 13.2 Å². The van der Waals surface area contributed by atoms with Crippen LogP contribution in [0.3, 0.4) is 0 Å². The van der Waals surface area contributed by atoms with E-state index in [-0.39, 0.29) is 12.1 Å². The molecule has 0 amide bonds. The third kappa shape index (κ3) is 4.99. The Labute approximate surface area is 144 Å². The van der Waals surface area contributed by atoms with Gasteiger partial charge in [-0.05, 0) is 55.8 Å². The molecule has 0 aliphatic heterocycles. The fourth-order valence-corrected chi connectivity index (χ4v) is 2.35. The second-order valence-electron chi connectivity index (χ2n) is 5.34. The highest BCUT2D eigenvalue weighted by Gasteiger charge is 2.23. The third-order valence-electron chi connectivity index (χ3n) is 3.19. The minimum Gasteiger partial charge on any atom is -0.497 e. The third-order valence-corrected chi connectivity index (χ3v) is 3.72. The van der Waals surface area contributed by atoms with Gasteiger partial charge in [-0.3, -0.25) is 0 Å². The lowest BCUT2D eigenvalue weighted by Crippen LogP contribution is -2.25. The molecule has 2 aromatic carbocycles. The van der Waals surface area contributed by atoms with Gasteiger partial charge in [0.15, 0.2) is 6.04 Å². The number of esters is 1. The van der Waals surface area contributed by atoms with E-state index in [1.807, 2.05) is 62.4 Å². The first kappa shape index (κ1) is 17.3. The molecule has 1 atom stereocenters. The van der Waals surface area contributed by atoms with E-state index in [0.29, 0.717) is 0 Å².